The number of ether oxygens (including phenoxy) is 1. The van der Waals surface area contributed by atoms with E-state index >= 15 is 0 Å². The Morgan fingerprint density at radius 3 is 2.69 bits per heavy atom. The summed E-state index contributed by atoms with van der Waals surface area (Å²) in [5.74, 6) is -0.147. The Labute approximate surface area is 167 Å². The van der Waals surface area contributed by atoms with Crippen molar-refractivity contribution in [1.29, 1.82) is 0 Å². The average molecular weight is 400 g/mol. The summed E-state index contributed by atoms with van der Waals surface area (Å²) in [5, 5.41) is 15.6. The van der Waals surface area contributed by atoms with Crippen molar-refractivity contribution in [1.82, 2.24) is 5.32 Å². The fourth-order valence-corrected chi connectivity index (χ4v) is 4.74. The number of aliphatic hydroxyl groups excluding tert-OH is 1. The number of amides is 2. The molecule has 5 nitrogen and oxygen atoms in total. The molecule has 29 heavy (non-hydrogen) atoms. The number of carbonyl (C=O) groups is 1. The molecular formula is C22H22F2N2O3. The molecule has 1 saturated carbocycles. The van der Waals surface area contributed by atoms with Crippen LogP contribution in [0.15, 0.2) is 30.3 Å². The lowest BCUT2D eigenvalue weighted by atomic mass is 9.73. The van der Waals surface area contributed by atoms with E-state index < -0.39 is 12.1 Å². The van der Waals surface area contributed by atoms with Crippen LogP contribution < -0.4 is 15.4 Å². The molecule has 1 spiro atoms. The quantitative estimate of drug-likeness (QED) is 0.714. The van der Waals surface area contributed by atoms with Crippen molar-refractivity contribution in [3.8, 4) is 5.75 Å². The van der Waals surface area contributed by atoms with Crippen LogP contribution in [0.3, 0.4) is 0 Å². The maximum Gasteiger partial charge on any atom is 0.319 e. The van der Waals surface area contributed by atoms with Crippen LogP contribution in [0.4, 0.5) is 19.3 Å². The maximum atomic E-state index is 14.0. The molecule has 3 aliphatic rings. The highest BCUT2D eigenvalue weighted by Gasteiger charge is 2.46. The van der Waals surface area contributed by atoms with E-state index in [9.17, 15) is 18.7 Å². The topological polar surface area (TPSA) is 70.6 Å². The largest absolute Gasteiger partial charge is 0.487 e. The van der Waals surface area contributed by atoms with Crippen LogP contribution in [-0.2, 0) is 12.8 Å². The number of anilines is 1. The molecule has 2 aliphatic carbocycles. The van der Waals surface area contributed by atoms with Crippen LogP contribution in [0.25, 0.3) is 0 Å². The van der Waals surface area contributed by atoms with E-state index in [1.165, 1.54) is 24.3 Å². The van der Waals surface area contributed by atoms with E-state index in [2.05, 4.69) is 10.6 Å². The van der Waals surface area contributed by atoms with E-state index in [-0.39, 0.29) is 29.7 Å². The Kier molecular flexibility index (Phi) is 4.24. The van der Waals surface area contributed by atoms with Crippen molar-refractivity contribution >= 4 is 11.7 Å². The molecule has 1 aliphatic heterocycles. The molecule has 152 valence electrons. The summed E-state index contributed by atoms with van der Waals surface area (Å²) in [6.07, 6.45) is 3.37. The van der Waals surface area contributed by atoms with E-state index in [0.29, 0.717) is 41.0 Å². The molecule has 7 heteroatoms. The van der Waals surface area contributed by atoms with Gasteiger partial charge in [0.1, 0.15) is 23.0 Å². The molecule has 2 atom stereocenters. The van der Waals surface area contributed by atoms with Gasteiger partial charge in [0.15, 0.2) is 0 Å². The SMILES string of the molecule is O=C(Nc1ccc(F)c2c1C[C@@H](O)C2)N[C@@H]1CC2(CCC2)Oc2ccc(F)cc21. The summed E-state index contributed by atoms with van der Waals surface area (Å²) in [5.41, 5.74) is 1.88. The van der Waals surface area contributed by atoms with Crippen molar-refractivity contribution in [3.63, 3.8) is 0 Å². The second-order valence-electron chi connectivity index (χ2n) is 8.29. The number of benzene rings is 2. The van der Waals surface area contributed by atoms with Crippen molar-refractivity contribution in [2.75, 3.05) is 5.32 Å². The zero-order chi connectivity index (χ0) is 20.2. The van der Waals surface area contributed by atoms with E-state index in [4.69, 9.17) is 4.74 Å². The molecule has 2 aromatic rings. The first kappa shape index (κ1) is 18.4. The highest BCUT2D eigenvalue weighted by Crippen LogP contribution is 2.49. The number of fused-ring (bicyclic) bond motifs is 2. The highest BCUT2D eigenvalue weighted by atomic mass is 19.1. The molecule has 0 aromatic heterocycles. The first-order valence-electron chi connectivity index (χ1n) is 9.97. The number of halogens is 2. The number of nitrogens with one attached hydrogen (secondary N) is 2. The summed E-state index contributed by atoms with van der Waals surface area (Å²) in [6.45, 7) is 0. The van der Waals surface area contributed by atoms with Crippen LogP contribution >= 0.6 is 0 Å². The fourth-order valence-electron chi connectivity index (χ4n) is 4.74. The van der Waals surface area contributed by atoms with Gasteiger partial charge in [-0.2, -0.15) is 0 Å². The second kappa shape index (κ2) is 6.69. The molecule has 0 radical (unpaired) electrons. The molecule has 0 saturated heterocycles. The smallest absolute Gasteiger partial charge is 0.319 e. The molecule has 2 amide bonds. The summed E-state index contributed by atoms with van der Waals surface area (Å²) in [7, 11) is 0. The number of carbonyl (C=O) groups excluding carboxylic acids is 1. The second-order valence-corrected chi connectivity index (χ2v) is 8.29. The fraction of sp³-hybridized carbons (Fsp3) is 0.409. The third-order valence-corrected chi connectivity index (χ3v) is 6.32. The Balaban J connectivity index is 1.38. The Hall–Kier alpha value is -2.67. The minimum absolute atomic E-state index is 0.243. The Bertz CT molecular complexity index is 990. The Morgan fingerprint density at radius 2 is 1.93 bits per heavy atom. The molecular weight excluding hydrogens is 378 g/mol. The van der Waals surface area contributed by atoms with Gasteiger partial charge in [-0.3, -0.25) is 0 Å². The van der Waals surface area contributed by atoms with Gasteiger partial charge in [-0.05, 0) is 60.7 Å². The molecule has 5 rings (SSSR count). The van der Waals surface area contributed by atoms with E-state index in [0.717, 1.165) is 19.3 Å². The predicted molar refractivity (Wildman–Crippen MR) is 103 cm³/mol. The maximum absolute atomic E-state index is 14.0. The van der Waals surface area contributed by atoms with Gasteiger partial charge in [-0.15, -0.1) is 0 Å². The van der Waals surface area contributed by atoms with Crippen LogP contribution in [0.5, 0.6) is 5.75 Å². The zero-order valence-corrected chi connectivity index (χ0v) is 15.8. The van der Waals surface area contributed by atoms with Gasteiger partial charge in [-0.1, -0.05) is 0 Å². The van der Waals surface area contributed by atoms with Crippen LogP contribution in [-0.4, -0.2) is 22.8 Å². The molecule has 0 unspecified atom stereocenters. The van der Waals surface area contributed by atoms with Gasteiger partial charge in [0.25, 0.3) is 0 Å². The third-order valence-electron chi connectivity index (χ3n) is 6.32. The Morgan fingerprint density at radius 1 is 1.14 bits per heavy atom. The van der Waals surface area contributed by atoms with Crippen molar-refractivity contribution in [2.24, 2.45) is 0 Å². The predicted octanol–water partition coefficient (Wildman–Crippen LogP) is 3.99. The summed E-state index contributed by atoms with van der Waals surface area (Å²) < 4.78 is 33.9. The molecule has 0 bridgehead atoms. The van der Waals surface area contributed by atoms with Gasteiger partial charge in [0.05, 0.1) is 12.1 Å². The summed E-state index contributed by atoms with van der Waals surface area (Å²) >= 11 is 0. The lowest BCUT2D eigenvalue weighted by Crippen LogP contribution is -2.50. The minimum Gasteiger partial charge on any atom is -0.487 e. The summed E-state index contributed by atoms with van der Waals surface area (Å²) in [4.78, 5) is 12.7. The lowest BCUT2D eigenvalue weighted by Gasteiger charge is -2.48. The lowest BCUT2D eigenvalue weighted by molar-refractivity contribution is -0.0355. The molecule has 2 aromatic carbocycles. The number of aliphatic hydroxyl groups is 1. The van der Waals surface area contributed by atoms with Gasteiger partial charge < -0.3 is 20.5 Å². The van der Waals surface area contributed by atoms with Crippen molar-refractivity contribution in [3.05, 3.63) is 58.7 Å². The number of rotatable bonds is 2. The first-order chi connectivity index (χ1) is 13.9. The van der Waals surface area contributed by atoms with Crippen molar-refractivity contribution in [2.45, 2.75) is 56.3 Å². The van der Waals surface area contributed by atoms with Crippen LogP contribution in [0.1, 0.15) is 48.4 Å². The first-order valence-corrected chi connectivity index (χ1v) is 9.97. The monoisotopic (exact) mass is 400 g/mol. The van der Waals surface area contributed by atoms with Crippen LogP contribution in [0.2, 0.25) is 0 Å². The average Bonchev–Trinajstić information content (AvgIpc) is 3.06. The van der Waals surface area contributed by atoms with E-state index in [1.807, 2.05) is 0 Å². The molecule has 3 N–H and O–H groups in total. The van der Waals surface area contributed by atoms with Crippen molar-refractivity contribution < 1.29 is 23.4 Å². The zero-order valence-electron chi connectivity index (χ0n) is 15.8. The third kappa shape index (κ3) is 3.23. The standard InChI is InChI=1S/C22H22F2N2O3/c23-12-2-5-20-16(8-12)19(11-22(29-20)6-1-7-22)26-21(28)25-18-4-3-17(24)14-9-13(27)10-15(14)18/h2-5,8,13,19,27H,1,6-7,9-11H2,(H2,25,26,28)/t13-,19+/m0/s1. The summed E-state index contributed by atoms with van der Waals surface area (Å²) in [6, 6.07) is 6.36. The normalized spacial score (nSPS) is 23.6. The van der Waals surface area contributed by atoms with Gasteiger partial charge in [0.2, 0.25) is 0 Å². The number of urea groups is 1. The number of hydrogen-bond donors (Lipinski definition) is 3. The van der Waals surface area contributed by atoms with Crippen LogP contribution in [0, 0.1) is 11.6 Å². The highest BCUT2D eigenvalue weighted by molar-refractivity contribution is 5.91. The van der Waals surface area contributed by atoms with E-state index in [1.54, 1.807) is 6.07 Å². The molecule has 1 heterocycles. The van der Waals surface area contributed by atoms with Gasteiger partial charge in [0, 0.05) is 30.5 Å². The number of hydrogen-bond acceptors (Lipinski definition) is 3. The van der Waals surface area contributed by atoms with Gasteiger partial charge in [-0.25, -0.2) is 13.6 Å². The molecule has 1 fully saturated rings. The minimum atomic E-state index is -0.644. The van der Waals surface area contributed by atoms with Gasteiger partial charge >= 0.3 is 6.03 Å².